The molecule has 0 aliphatic rings. The Balaban J connectivity index is -0.000000302. The zero-order valence-electron chi connectivity index (χ0n) is 41.3. The van der Waals surface area contributed by atoms with Gasteiger partial charge in [-0.2, -0.15) is 0 Å². The van der Waals surface area contributed by atoms with Crippen LogP contribution < -0.4 is 0 Å². The lowest BCUT2D eigenvalue weighted by Crippen LogP contribution is -2.58. The van der Waals surface area contributed by atoms with Gasteiger partial charge < -0.3 is 32.9 Å². The molecule has 0 aliphatic heterocycles. The van der Waals surface area contributed by atoms with E-state index in [2.05, 4.69) is 210 Å². The first-order chi connectivity index (χ1) is 21.7. The normalized spacial score (nSPS) is 14.8. The third kappa shape index (κ3) is 54.4. The van der Waals surface area contributed by atoms with E-state index in [1.807, 2.05) is 0 Å². The van der Waals surface area contributed by atoms with Crippen LogP contribution in [-0.2, 0) is 32.9 Å². The number of hydrogen-bond donors (Lipinski definition) is 0. The van der Waals surface area contributed by atoms with Crippen LogP contribution in [0, 0.1) is 0 Å². The summed E-state index contributed by atoms with van der Waals surface area (Å²) in [5, 5.41) is 0. The summed E-state index contributed by atoms with van der Waals surface area (Å²) < 4.78 is 49.1. The van der Waals surface area contributed by atoms with Crippen molar-refractivity contribution in [2.45, 2.75) is 210 Å². The smallest absolute Gasteiger partial charge is 0.456 e. The molecule has 0 spiro atoms. The standard InChI is InChI=1S/C10H30O3Si4.2C8H24O2Si3.C6H18OSi2/c1-14(2,3)11-17(10,12-15(4,5)6)13-16(7,8)9;2*1-11(2,3)9-13(7,8)10-12(4,5)6;1-8(2,3)7-9(4,5)6/h1-10H3;2*1-8H3;1-6H3. The average molecular weight is 946 g/mol. The summed E-state index contributed by atoms with van der Waals surface area (Å²) in [4.78, 5) is 0. The van der Waals surface area contributed by atoms with Crippen molar-refractivity contribution in [3.05, 3.63) is 0 Å². The van der Waals surface area contributed by atoms with Crippen molar-refractivity contribution in [2.24, 2.45) is 0 Å². The van der Waals surface area contributed by atoms with Gasteiger partial charge in [-0.25, -0.2) is 0 Å². The van der Waals surface area contributed by atoms with Crippen molar-refractivity contribution in [3.8, 4) is 0 Å². The van der Waals surface area contributed by atoms with E-state index in [1.165, 1.54) is 0 Å². The Labute approximate surface area is 341 Å². The average Bonchev–Trinajstić information content (AvgIpc) is 2.51. The van der Waals surface area contributed by atoms with E-state index >= 15 is 0 Å². The number of rotatable bonds is 16. The highest BCUT2D eigenvalue weighted by Gasteiger charge is 2.45. The lowest BCUT2D eigenvalue weighted by atomic mass is 11.8. The van der Waals surface area contributed by atoms with Crippen molar-refractivity contribution < 1.29 is 32.9 Å². The Morgan fingerprint density at radius 1 is 0.154 bits per heavy atom. The summed E-state index contributed by atoms with van der Waals surface area (Å²) in [5.41, 5.74) is 0. The predicted octanol–water partition coefficient (Wildman–Crippen LogP) is 13.6. The van der Waals surface area contributed by atoms with E-state index in [-0.39, 0.29) is 0 Å². The molecule has 0 saturated carbocycles. The van der Waals surface area contributed by atoms with E-state index in [9.17, 15) is 0 Å². The SMILES string of the molecule is C[Si](C)(C)O[Si](C)(C)C.C[Si](C)(C)O[Si](C)(C)O[Si](C)(C)C.C[Si](C)(C)O[Si](C)(C)O[Si](C)(C)C.C[Si](C)(C)O[Si](C)(O[Si](C)(C)C)O[Si](C)(C)C. The van der Waals surface area contributed by atoms with Crippen molar-refractivity contribution >= 4 is 101 Å². The Morgan fingerprint density at radius 2 is 0.269 bits per heavy atom. The molecule has 0 radical (unpaired) electrons. The van der Waals surface area contributed by atoms with Crippen molar-refractivity contribution in [1.82, 2.24) is 0 Å². The third-order valence-corrected chi connectivity index (χ3v) is 38.7. The van der Waals surface area contributed by atoms with Crippen LogP contribution in [0.15, 0.2) is 0 Å². The van der Waals surface area contributed by atoms with Gasteiger partial charge >= 0.3 is 25.9 Å². The lowest BCUT2D eigenvalue weighted by Gasteiger charge is -2.40. The van der Waals surface area contributed by atoms with E-state index in [0.29, 0.717) is 0 Å². The van der Waals surface area contributed by atoms with E-state index < -0.39 is 101 Å². The highest BCUT2D eigenvalue weighted by molar-refractivity contribution is 6.90. The summed E-state index contributed by atoms with van der Waals surface area (Å²) in [7, 11) is -19.3. The van der Waals surface area contributed by atoms with Crippen LogP contribution in [0.4, 0.5) is 0 Å². The van der Waals surface area contributed by atoms with Gasteiger partial charge in [-0.1, -0.05) is 0 Å². The molecule has 0 bridgehead atoms. The summed E-state index contributed by atoms with van der Waals surface area (Å²) in [6.45, 7) is 70.5. The molecule has 0 amide bonds. The van der Waals surface area contributed by atoms with Gasteiger partial charge in [0.25, 0.3) is 0 Å². The molecule has 0 aromatic carbocycles. The van der Waals surface area contributed by atoms with Crippen LogP contribution in [0.3, 0.4) is 0 Å². The number of hydrogen-bond acceptors (Lipinski definition) is 8. The van der Waals surface area contributed by atoms with Gasteiger partial charge in [0.2, 0.25) is 0 Å². The topological polar surface area (TPSA) is 73.8 Å². The monoisotopic (exact) mass is 944 g/mol. The van der Waals surface area contributed by atoms with Crippen LogP contribution in [0.25, 0.3) is 0 Å². The largest absolute Gasteiger partial charge is 0.466 e. The fourth-order valence-electron chi connectivity index (χ4n) is 5.64. The van der Waals surface area contributed by atoms with Crippen molar-refractivity contribution in [3.63, 3.8) is 0 Å². The Hall–Kier alpha value is 2.28. The fourth-order valence-corrected chi connectivity index (χ4v) is 52.6. The molecule has 52 heavy (non-hydrogen) atoms. The molecule has 0 aromatic heterocycles. The molecule has 0 unspecified atom stereocenters. The zero-order valence-corrected chi connectivity index (χ0v) is 53.3. The van der Waals surface area contributed by atoms with Gasteiger partial charge in [-0.15, -0.1) is 0 Å². The quantitative estimate of drug-likeness (QED) is 0.142. The highest BCUT2D eigenvalue weighted by atomic mass is 28.5. The second kappa shape index (κ2) is 21.5. The maximum atomic E-state index is 6.28. The molecule has 320 valence electrons. The van der Waals surface area contributed by atoms with Crippen molar-refractivity contribution in [1.29, 1.82) is 0 Å². The van der Waals surface area contributed by atoms with E-state index in [4.69, 9.17) is 32.9 Å². The Kier molecular flexibility index (Phi) is 25.2. The summed E-state index contributed by atoms with van der Waals surface area (Å²) in [5.74, 6) is 0. The Bertz CT molecular complexity index is 857. The third-order valence-electron chi connectivity index (χ3n) is 4.30. The second-order valence-electron chi connectivity index (χ2n) is 23.5. The molecule has 0 rings (SSSR count). The van der Waals surface area contributed by atoms with Gasteiger partial charge in [0.1, 0.15) is 0 Å². The minimum Gasteiger partial charge on any atom is -0.456 e. The minimum atomic E-state index is -2.47. The van der Waals surface area contributed by atoms with Crippen molar-refractivity contribution in [2.75, 3.05) is 0 Å². The van der Waals surface area contributed by atoms with Gasteiger partial charge in [0.05, 0.1) is 0 Å². The summed E-state index contributed by atoms with van der Waals surface area (Å²) >= 11 is 0. The molecule has 0 fully saturated rings. The molecular weight excluding hydrogens is 849 g/mol. The first-order valence-electron chi connectivity index (χ1n) is 19.3. The molecular formula is C32H96O8Si12. The van der Waals surface area contributed by atoms with Crippen LogP contribution >= 0.6 is 0 Å². The second-order valence-corrected chi connectivity index (χ2v) is 75.4. The molecule has 20 heteroatoms. The highest BCUT2D eigenvalue weighted by Crippen LogP contribution is 2.25. The summed E-state index contributed by atoms with van der Waals surface area (Å²) in [6.07, 6.45) is 0. The Morgan fingerprint density at radius 3 is 0.346 bits per heavy atom. The summed E-state index contributed by atoms with van der Waals surface area (Å²) in [6, 6.07) is 0. The first-order valence-corrected chi connectivity index (χ1v) is 57.8. The molecule has 0 heterocycles. The molecule has 0 N–H and O–H groups in total. The molecule has 0 aromatic rings. The van der Waals surface area contributed by atoms with E-state index in [1.54, 1.807) is 0 Å². The zero-order chi connectivity index (χ0) is 43.7. The molecule has 8 nitrogen and oxygen atoms in total. The molecule has 0 saturated heterocycles. The molecule has 0 aliphatic carbocycles. The van der Waals surface area contributed by atoms with Gasteiger partial charge in [-0.3, -0.25) is 0 Å². The van der Waals surface area contributed by atoms with Gasteiger partial charge in [0, 0.05) is 6.55 Å². The van der Waals surface area contributed by atoms with Gasteiger partial charge in [0.15, 0.2) is 74.9 Å². The van der Waals surface area contributed by atoms with Gasteiger partial charge in [-0.05, 0) is 203 Å². The minimum absolute atomic E-state index is 1.23. The first kappa shape index (κ1) is 61.0. The maximum Gasteiger partial charge on any atom is 0.466 e. The van der Waals surface area contributed by atoms with Crippen LogP contribution in [0.1, 0.15) is 0 Å². The van der Waals surface area contributed by atoms with Crippen LogP contribution in [-0.4, -0.2) is 101 Å². The lowest BCUT2D eigenvalue weighted by molar-refractivity contribution is 0.263. The van der Waals surface area contributed by atoms with E-state index in [0.717, 1.165) is 0 Å². The fraction of sp³-hybridized carbons (Fsp3) is 1.00. The van der Waals surface area contributed by atoms with Crippen LogP contribution in [0.2, 0.25) is 210 Å². The maximum absolute atomic E-state index is 6.28. The van der Waals surface area contributed by atoms with Crippen LogP contribution in [0.5, 0.6) is 0 Å². The predicted molar refractivity (Wildman–Crippen MR) is 265 cm³/mol. The molecule has 0 atom stereocenters.